The van der Waals surface area contributed by atoms with Crippen molar-refractivity contribution in [2.75, 3.05) is 14.1 Å². The summed E-state index contributed by atoms with van der Waals surface area (Å²) >= 11 is 0. The van der Waals surface area contributed by atoms with Gasteiger partial charge in [-0.05, 0) is 40.1 Å². The van der Waals surface area contributed by atoms with Crippen molar-refractivity contribution in [3.05, 3.63) is 35.7 Å². The Bertz CT molecular complexity index is 397. The molecule has 1 N–H and O–H groups in total. The van der Waals surface area contributed by atoms with Crippen molar-refractivity contribution in [1.29, 1.82) is 0 Å². The number of rotatable bonds is 0. The first-order chi connectivity index (χ1) is 7.19. The Morgan fingerprint density at radius 3 is 1.53 bits per heavy atom. The molecule has 15 heavy (non-hydrogen) atoms. The molecule has 0 aliphatic carbocycles. The Kier molecular flexibility index (Phi) is 4.18. The van der Waals surface area contributed by atoms with Crippen molar-refractivity contribution in [1.82, 2.24) is 15.3 Å². The van der Waals surface area contributed by atoms with Crippen LogP contribution in [0.4, 0.5) is 0 Å². The SMILES string of the molecule is CNC.Cc1nc2ccccc2nc1C. The minimum atomic E-state index is 0.973. The summed E-state index contributed by atoms with van der Waals surface area (Å²) in [6.07, 6.45) is 0. The minimum Gasteiger partial charge on any atom is -0.323 e. The molecule has 0 bridgehead atoms. The van der Waals surface area contributed by atoms with Gasteiger partial charge in [-0.2, -0.15) is 0 Å². The molecular weight excluding hydrogens is 186 g/mol. The predicted molar refractivity (Wildman–Crippen MR) is 64.0 cm³/mol. The van der Waals surface area contributed by atoms with Crippen LogP contribution in [-0.2, 0) is 0 Å². The van der Waals surface area contributed by atoms with Crippen LogP contribution in [0.2, 0.25) is 0 Å². The summed E-state index contributed by atoms with van der Waals surface area (Å²) in [7, 11) is 3.75. The Morgan fingerprint density at radius 2 is 1.20 bits per heavy atom. The standard InChI is InChI=1S/C10H10N2.C2H7N/c1-7-8(2)12-10-6-4-3-5-9(10)11-7;1-3-2/h3-6H,1-2H3;3H,1-2H3. The van der Waals surface area contributed by atoms with Gasteiger partial charge in [-0.25, -0.2) is 9.97 Å². The molecule has 0 amide bonds. The van der Waals surface area contributed by atoms with Crippen molar-refractivity contribution in [2.45, 2.75) is 13.8 Å². The Balaban J connectivity index is 0.000000337. The molecule has 0 aliphatic heterocycles. The van der Waals surface area contributed by atoms with E-state index in [0.29, 0.717) is 0 Å². The Morgan fingerprint density at radius 1 is 0.867 bits per heavy atom. The molecule has 0 spiro atoms. The second kappa shape index (κ2) is 5.41. The molecule has 0 saturated heterocycles. The Hall–Kier alpha value is -1.48. The van der Waals surface area contributed by atoms with Crippen molar-refractivity contribution < 1.29 is 0 Å². The number of nitrogens with one attached hydrogen (secondary N) is 1. The summed E-state index contributed by atoms with van der Waals surface area (Å²) in [6.45, 7) is 3.96. The average Bonchev–Trinajstić information content (AvgIpc) is 2.21. The monoisotopic (exact) mass is 203 g/mol. The molecule has 2 aromatic rings. The fourth-order valence-electron chi connectivity index (χ4n) is 1.18. The molecule has 0 saturated carbocycles. The third-order valence-corrected chi connectivity index (χ3v) is 1.98. The molecule has 2 rings (SSSR count). The Labute approximate surface area is 90.6 Å². The van der Waals surface area contributed by atoms with Crippen molar-refractivity contribution in [3.8, 4) is 0 Å². The highest BCUT2D eigenvalue weighted by molar-refractivity contribution is 5.74. The highest BCUT2D eigenvalue weighted by atomic mass is 14.8. The lowest BCUT2D eigenvalue weighted by Gasteiger charge is -2.00. The fraction of sp³-hybridized carbons (Fsp3) is 0.333. The number of aryl methyl sites for hydroxylation is 2. The molecule has 1 aromatic heterocycles. The molecule has 1 heterocycles. The lowest BCUT2D eigenvalue weighted by molar-refractivity contribution is 1.02. The molecule has 0 unspecified atom stereocenters. The quantitative estimate of drug-likeness (QED) is 0.712. The van der Waals surface area contributed by atoms with Gasteiger partial charge in [-0.3, -0.25) is 0 Å². The van der Waals surface area contributed by atoms with E-state index in [9.17, 15) is 0 Å². The molecule has 0 radical (unpaired) electrons. The van der Waals surface area contributed by atoms with Crippen LogP contribution in [0, 0.1) is 13.8 Å². The van der Waals surface area contributed by atoms with Crippen LogP contribution >= 0.6 is 0 Å². The van der Waals surface area contributed by atoms with Crippen LogP contribution in [0.15, 0.2) is 24.3 Å². The van der Waals surface area contributed by atoms with Gasteiger partial charge in [0, 0.05) is 0 Å². The largest absolute Gasteiger partial charge is 0.323 e. The first-order valence-electron chi connectivity index (χ1n) is 4.97. The summed E-state index contributed by atoms with van der Waals surface area (Å²) in [4.78, 5) is 8.83. The zero-order chi connectivity index (χ0) is 11.3. The molecule has 3 heteroatoms. The fourth-order valence-corrected chi connectivity index (χ4v) is 1.18. The summed E-state index contributed by atoms with van der Waals surface area (Å²) in [5, 5.41) is 2.75. The smallest absolute Gasteiger partial charge is 0.0890 e. The first kappa shape index (κ1) is 11.6. The van der Waals surface area contributed by atoms with Crippen LogP contribution in [0.5, 0.6) is 0 Å². The van der Waals surface area contributed by atoms with Gasteiger partial charge in [0.2, 0.25) is 0 Å². The average molecular weight is 203 g/mol. The van der Waals surface area contributed by atoms with Crippen molar-refractivity contribution in [3.63, 3.8) is 0 Å². The second-order valence-corrected chi connectivity index (χ2v) is 3.38. The maximum atomic E-state index is 4.41. The molecule has 0 fully saturated rings. The van der Waals surface area contributed by atoms with E-state index in [1.54, 1.807) is 0 Å². The first-order valence-corrected chi connectivity index (χ1v) is 4.97. The van der Waals surface area contributed by atoms with Gasteiger partial charge < -0.3 is 5.32 Å². The lowest BCUT2D eigenvalue weighted by Crippen LogP contribution is -1.92. The van der Waals surface area contributed by atoms with E-state index in [1.807, 2.05) is 52.2 Å². The number of nitrogens with zero attached hydrogens (tertiary/aromatic N) is 2. The summed E-state index contributed by atoms with van der Waals surface area (Å²) in [5.74, 6) is 0. The van der Waals surface area contributed by atoms with Gasteiger partial charge in [0.1, 0.15) is 0 Å². The number of benzene rings is 1. The molecule has 3 nitrogen and oxygen atoms in total. The van der Waals surface area contributed by atoms with E-state index >= 15 is 0 Å². The minimum absolute atomic E-state index is 0.973. The molecule has 0 atom stereocenters. The van der Waals surface area contributed by atoms with Crippen LogP contribution < -0.4 is 5.32 Å². The van der Waals surface area contributed by atoms with Gasteiger partial charge in [-0.1, -0.05) is 12.1 Å². The third kappa shape index (κ3) is 2.99. The number of aromatic nitrogens is 2. The normalized spacial score (nSPS) is 9.60. The van der Waals surface area contributed by atoms with Gasteiger partial charge in [0.15, 0.2) is 0 Å². The van der Waals surface area contributed by atoms with E-state index in [0.717, 1.165) is 22.4 Å². The second-order valence-electron chi connectivity index (χ2n) is 3.38. The van der Waals surface area contributed by atoms with Gasteiger partial charge in [0.05, 0.1) is 22.4 Å². The summed E-state index contributed by atoms with van der Waals surface area (Å²) in [5.41, 5.74) is 3.96. The summed E-state index contributed by atoms with van der Waals surface area (Å²) in [6, 6.07) is 7.92. The highest BCUT2D eigenvalue weighted by Crippen LogP contribution is 2.10. The summed E-state index contributed by atoms with van der Waals surface area (Å²) < 4.78 is 0. The van der Waals surface area contributed by atoms with E-state index in [2.05, 4.69) is 15.3 Å². The topological polar surface area (TPSA) is 37.8 Å². The van der Waals surface area contributed by atoms with Crippen LogP contribution in [0.25, 0.3) is 11.0 Å². The maximum Gasteiger partial charge on any atom is 0.0890 e. The zero-order valence-electron chi connectivity index (χ0n) is 9.70. The van der Waals surface area contributed by atoms with E-state index in [-0.39, 0.29) is 0 Å². The van der Waals surface area contributed by atoms with Crippen molar-refractivity contribution >= 4 is 11.0 Å². The van der Waals surface area contributed by atoms with Crippen LogP contribution in [-0.4, -0.2) is 24.1 Å². The number of hydrogen-bond donors (Lipinski definition) is 1. The number of para-hydroxylation sites is 2. The van der Waals surface area contributed by atoms with Crippen molar-refractivity contribution in [2.24, 2.45) is 0 Å². The maximum absolute atomic E-state index is 4.41. The lowest BCUT2D eigenvalue weighted by atomic mass is 10.2. The van der Waals surface area contributed by atoms with Crippen LogP contribution in [0.3, 0.4) is 0 Å². The molecule has 1 aromatic carbocycles. The highest BCUT2D eigenvalue weighted by Gasteiger charge is 1.98. The van der Waals surface area contributed by atoms with Gasteiger partial charge in [-0.15, -0.1) is 0 Å². The number of hydrogen-bond acceptors (Lipinski definition) is 3. The molecular formula is C12H17N3. The number of fused-ring (bicyclic) bond motifs is 1. The van der Waals surface area contributed by atoms with Gasteiger partial charge >= 0.3 is 0 Å². The van der Waals surface area contributed by atoms with E-state index < -0.39 is 0 Å². The predicted octanol–water partition coefficient (Wildman–Crippen LogP) is 2.08. The zero-order valence-corrected chi connectivity index (χ0v) is 9.70. The van der Waals surface area contributed by atoms with E-state index in [1.165, 1.54) is 0 Å². The van der Waals surface area contributed by atoms with Crippen LogP contribution in [0.1, 0.15) is 11.4 Å². The van der Waals surface area contributed by atoms with Gasteiger partial charge in [0.25, 0.3) is 0 Å². The molecule has 80 valence electrons. The molecule has 0 aliphatic rings. The van der Waals surface area contributed by atoms with E-state index in [4.69, 9.17) is 0 Å². The third-order valence-electron chi connectivity index (χ3n) is 1.98.